The van der Waals surface area contributed by atoms with Gasteiger partial charge in [0.1, 0.15) is 0 Å². The molecule has 1 N–H and O–H groups in total. The Morgan fingerprint density at radius 1 is 1.17 bits per heavy atom. The predicted octanol–water partition coefficient (Wildman–Crippen LogP) is 4.02. The SMILES string of the molecule is N#C[C@H]1C(=O)Nc2nc3ccccc3n2[C@@H]1c1ccc(Cl)c(Cl)c1. The van der Waals surface area contributed by atoms with Crippen molar-refractivity contribution < 1.29 is 4.79 Å². The smallest absolute Gasteiger partial charge is 0.246 e. The summed E-state index contributed by atoms with van der Waals surface area (Å²) in [6.45, 7) is 0. The summed E-state index contributed by atoms with van der Waals surface area (Å²) in [6.07, 6.45) is 0. The molecule has 7 heteroatoms. The van der Waals surface area contributed by atoms with Crippen molar-refractivity contribution in [2.24, 2.45) is 5.92 Å². The van der Waals surface area contributed by atoms with E-state index in [0.717, 1.165) is 16.6 Å². The molecule has 1 aliphatic rings. The molecule has 0 saturated carbocycles. The number of nitrogens with one attached hydrogen (secondary N) is 1. The fourth-order valence-electron chi connectivity index (χ4n) is 3.06. The Bertz CT molecular complexity index is 1020. The van der Waals surface area contributed by atoms with Gasteiger partial charge in [-0.05, 0) is 29.8 Å². The molecule has 0 saturated heterocycles. The van der Waals surface area contributed by atoms with Crippen molar-refractivity contribution in [3.8, 4) is 6.07 Å². The lowest BCUT2D eigenvalue weighted by Gasteiger charge is -2.30. The Kier molecular flexibility index (Phi) is 3.45. The van der Waals surface area contributed by atoms with E-state index in [0.29, 0.717) is 16.0 Å². The van der Waals surface area contributed by atoms with Gasteiger partial charge in [-0.2, -0.15) is 5.26 Å². The molecule has 0 aliphatic carbocycles. The van der Waals surface area contributed by atoms with Gasteiger partial charge in [0.2, 0.25) is 11.9 Å². The van der Waals surface area contributed by atoms with Gasteiger partial charge in [-0.25, -0.2) is 4.98 Å². The number of carbonyl (C=O) groups excluding carboxylic acids is 1. The van der Waals surface area contributed by atoms with E-state index >= 15 is 0 Å². The standard InChI is InChI=1S/C17H10Cl2N4O/c18-11-6-5-9(7-12(11)19)15-10(8-20)16(24)22-17-21-13-3-1-2-4-14(13)23(15)17/h1-7,10,15H,(H,21,22,24)/t10-,15-/m1/s1. The van der Waals surface area contributed by atoms with Crippen molar-refractivity contribution in [3.05, 3.63) is 58.1 Å². The van der Waals surface area contributed by atoms with E-state index in [1.165, 1.54) is 0 Å². The largest absolute Gasteiger partial charge is 0.300 e. The van der Waals surface area contributed by atoms with Crippen LogP contribution in [0.25, 0.3) is 11.0 Å². The highest BCUT2D eigenvalue weighted by atomic mass is 35.5. The molecule has 1 aliphatic heterocycles. The summed E-state index contributed by atoms with van der Waals surface area (Å²) in [5.74, 6) is -0.854. The van der Waals surface area contributed by atoms with Gasteiger partial charge < -0.3 is 4.57 Å². The van der Waals surface area contributed by atoms with Crippen molar-refractivity contribution >= 4 is 46.1 Å². The van der Waals surface area contributed by atoms with Crippen molar-refractivity contribution in [2.75, 3.05) is 5.32 Å². The highest BCUT2D eigenvalue weighted by Gasteiger charge is 2.38. The fourth-order valence-corrected chi connectivity index (χ4v) is 3.37. The maximum Gasteiger partial charge on any atom is 0.246 e. The molecule has 0 bridgehead atoms. The van der Waals surface area contributed by atoms with Gasteiger partial charge in [0.05, 0.1) is 33.2 Å². The maximum atomic E-state index is 12.4. The summed E-state index contributed by atoms with van der Waals surface area (Å²) in [5, 5.41) is 13.1. The van der Waals surface area contributed by atoms with Crippen molar-refractivity contribution in [2.45, 2.75) is 6.04 Å². The number of benzene rings is 2. The number of para-hydroxylation sites is 2. The molecule has 24 heavy (non-hydrogen) atoms. The molecule has 1 aromatic heterocycles. The second kappa shape index (κ2) is 5.52. The number of imidazole rings is 1. The van der Waals surface area contributed by atoms with E-state index in [-0.39, 0.29) is 5.91 Å². The zero-order chi connectivity index (χ0) is 16.8. The first-order chi connectivity index (χ1) is 11.6. The van der Waals surface area contributed by atoms with Gasteiger partial charge in [0.15, 0.2) is 5.92 Å². The normalized spacial score (nSPS) is 19.6. The van der Waals surface area contributed by atoms with Gasteiger partial charge in [0.25, 0.3) is 0 Å². The van der Waals surface area contributed by atoms with Crippen molar-refractivity contribution in [1.29, 1.82) is 5.26 Å². The first-order valence-electron chi connectivity index (χ1n) is 7.22. The number of hydrogen-bond acceptors (Lipinski definition) is 3. The van der Waals surface area contributed by atoms with Gasteiger partial charge in [0, 0.05) is 0 Å². The predicted molar refractivity (Wildman–Crippen MR) is 92.1 cm³/mol. The average Bonchev–Trinajstić information content (AvgIpc) is 2.94. The number of hydrogen-bond donors (Lipinski definition) is 1. The first kappa shape index (κ1) is 15.0. The molecule has 0 fully saturated rings. The maximum absolute atomic E-state index is 12.4. The molecule has 3 aromatic rings. The molecule has 2 heterocycles. The third-order valence-corrected chi connectivity index (χ3v) is 4.87. The molecule has 118 valence electrons. The number of halogens is 2. The van der Waals surface area contributed by atoms with Crippen LogP contribution in [-0.4, -0.2) is 15.5 Å². The van der Waals surface area contributed by atoms with E-state index in [1.807, 2.05) is 28.8 Å². The van der Waals surface area contributed by atoms with E-state index < -0.39 is 12.0 Å². The van der Waals surface area contributed by atoms with E-state index in [9.17, 15) is 10.1 Å². The molecular weight excluding hydrogens is 347 g/mol. The third-order valence-electron chi connectivity index (χ3n) is 4.13. The molecular formula is C17H10Cl2N4O. The van der Waals surface area contributed by atoms with Crippen molar-refractivity contribution in [3.63, 3.8) is 0 Å². The van der Waals surface area contributed by atoms with Gasteiger partial charge in [-0.1, -0.05) is 41.4 Å². The second-order valence-corrected chi connectivity index (χ2v) is 6.32. The van der Waals surface area contributed by atoms with Crippen LogP contribution in [0.15, 0.2) is 42.5 Å². The van der Waals surface area contributed by atoms with Crippen LogP contribution in [-0.2, 0) is 4.79 Å². The van der Waals surface area contributed by atoms with Crippen LogP contribution in [0.4, 0.5) is 5.95 Å². The quantitative estimate of drug-likeness (QED) is 0.715. The monoisotopic (exact) mass is 356 g/mol. The van der Waals surface area contributed by atoms with Crippen LogP contribution >= 0.6 is 23.2 Å². The number of nitriles is 1. The molecule has 2 atom stereocenters. The Morgan fingerprint density at radius 3 is 2.71 bits per heavy atom. The number of fused-ring (bicyclic) bond motifs is 3. The lowest BCUT2D eigenvalue weighted by atomic mass is 9.91. The van der Waals surface area contributed by atoms with Crippen LogP contribution in [0.1, 0.15) is 11.6 Å². The summed E-state index contributed by atoms with van der Waals surface area (Å²) in [6, 6.07) is 14.2. The van der Waals surface area contributed by atoms with Gasteiger partial charge in [-0.3, -0.25) is 10.1 Å². The summed E-state index contributed by atoms with van der Waals surface area (Å²) in [5.41, 5.74) is 2.32. The fraction of sp³-hybridized carbons (Fsp3) is 0.118. The highest BCUT2D eigenvalue weighted by molar-refractivity contribution is 6.42. The Morgan fingerprint density at radius 2 is 1.96 bits per heavy atom. The number of carbonyl (C=O) groups is 1. The minimum Gasteiger partial charge on any atom is -0.300 e. The summed E-state index contributed by atoms with van der Waals surface area (Å²) >= 11 is 12.1. The molecule has 0 spiro atoms. The summed E-state index contributed by atoms with van der Waals surface area (Å²) in [4.78, 5) is 16.8. The summed E-state index contributed by atoms with van der Waals surface area (Å²) in [7, 11) is 0. The van der Waals surface area contributed by atoms with Crippen LogP contribution in [0.5, 0.6) is 0 Å². The Hall–Kier alpha value is -2.55. The van der Waals surface area contributed by atoms with Gasteiger partial charge in [-0.15, -0.1) is 0 Å². The van der Waals surface area contributed by atoms with E-state index in [2.05, 4.69) is 16.4 Å². The lowest BCUT2D eigenvalue weighted by molar-refractivity contribution is -0.119. The number of amides is 1. The van der Waals surface area contributed by atoms with Crippen LogP contribution in [0.2, 0.25) is 10.0 Å². The molecule has 1 amide bonds. The minimum atomic E-state index is -0.896. The van der Waals surface area contributed by atoms with Crippen LogP contribution in [0, 0.1) is 17.2 Å². The van der Waals surface area contributed by atoms with Crippen molar-refractivity contribution in [1.82, 2.24) is 9.55 Å². The third kappa shape index (κ3) is 2.15. The number of rotatable bonds is 1. The zero-order valence-electron chi connectivity index (χ0n) is 12.2. The zero-order valence-corrected chi connectivity index (χ0v) is 13.7. The lowest BCUT2D eigenvalue weighted by Crippen LogP contribution is -2.37. The molecule has 0 unspecified atom stereocenters. The van der Waals surface area contributed by atoms with Crippen LogP contribution in [0.3, 0.4) is 0 Å². The topological polar surface area (TPSA) is 70.7 Å². The summed E-state index contributed by atoms with van der Waals surface area (Å²) < 4.78 is 1.87. The van der Waals surface area contributed by atoms with Crippen LogP contribution < -0.4 is 5.32 Å². The molecule has 2 aromatic carbocycles. The van der Waals surface area contributed by atoms with Gasteiger partial charge >= 0.3 is 0 Å². The number of aromatic nitrogens is 2. The number of anilines is 1. The Labute approximate surface area is 147 Å². The van der Waals surface area contributed by atoms with E-state index in [1.54, 1.807) is 18.2 Å². The minimum absolute atomic E-state index is 0.378. The average molecular weight is 357 g/mol. The second-order valence-electron chi connectivity index (χ2n) is 5.51. The highest BCUT2D eigenvalue weighted by Crippen LogP contribution is 2.39. The first-order valence-corrected chi connectivity index (χ1v) is 7.98. The molecule has 5 nitrogen and oxygen atoms in total. The Balaban J connectivity index is 2.01. The molecule has 0 radical (unpaired) electrons. The molecule has 4 rings (SSSR count). The number of nitrogens with zero attached hydrogens (tertiary/aromatic N) is 3. The van der Waals surface area contributed by atoms with E-state index in [4.69, 9.17) is 23.2 Å².